The summed E-state index contributed by atoms with van der Waals surface area (Å²) in [6, 6.07) is 5.88. The van der Waals surface area contributed by atoms with Gasteiger partial charge in [0, 0.05) is 12.1 Å². The zero-order valence-electron chi connectivity index (χ0n) is 8.58. The van der Waals surface area contributed by atoms with E-state index in [1.54, 1.807) is 6.07 Å². The first kappa shape index (κ1) is 12.1. The highest BCUT2D eigenvalue weighted by molar-refractivity contribution is 5.26. The minimum Gasteiger partial charge on any atom is -0.387 e. The highest BCUT2D eigenvalue weighted by Crippen LogP contribution is 2.22. The van der Waals surface area contributed by atoms with Crippen molar-refractivity contribution in [3.8, 4) is 0 Å². The minimum absolute atomic E-state index is 0.0527. The first-order chi connectivity index (χ1) is 7.15. The van der Waals surface area contributed by atoms with Crippen molar-refractivity contribution >= 4 is 0 Å². The number of hydrogen-bond acceptors (Lipinski definition) is 2. The van der Waals surface area contributed by atoms with E-state index in [4.69, 9.17) is 0 Å². The van der Waals surface area contributed by atoms with Gasteiger partial charge in [0.2, 0.25) is 0 Å². The van der Waals surface area contributed by atoms with Crippen LogP contribution in [0.5, 0.6) is 0 Å². The van der Waals surface area contributed by atoms with Crippen LogP contribution in [-0.2, 0) is 0 Å². The predicted octanol–water partition coefficient (Wildman–Crippen LogP) is 2.27. The summed E-state index contributed by atoms with van der Waals surface area (Å²) in [5.74, 6) is 0. The van der Waals surface area contributed by atoms with E-state index in [-0.39, 0.29) is 5.56 Å². The summed E-state index contributed by atoms with van der Waals surface area (Å²) >= 11 is 0. The number of alkyl halides is 2. The number of benzene rings is 1. The molecule has 1 rings (SSSR count). The third-order valence-electron chi connectivity index (χ3n) is 2.14. The van der Waals surface area contributed by atoms with Crippen molar-refractivity contribution in [3.63, 3.8) is 0 Å². The fraction of sp³-hybridized carbons (Fsp3) is 0.455. The number of halogens is 2. The molecule has 0 aliphatic heterocycles. The second-order valence-corrected chi connectivity index (χ2v) is 3.29. The molecule has 0 aliphatic carbocycles. The topological polar surface area (TPSA) is 32.3 Å². The molecule has 0 heterocycles. The number of nitrogens with one attached hydrogen (secondary N) is 1. The molecule has 15 heavy (non-hydrogen) atoms. The Morgan fingerprint density at radius 1 is 1.33 bits per heavy atom. The van der Waals surface area contributed by atoms with Crippen LogP contribution in [-0.4, -0.2) is 18.2 Å². The Morgan fingerprint density at radius 3 is 2.60 bits per heavy atom. The van der Waals surface area contributed by atoms with Crippen molar-refractivity contribution in [2.45, 2.75) is 19.5 Å². The van der Waals surface area contributed by atoms with Crippen molar-refractivity contribution in [1.82, 2.24) is 5.32 Å². The van der Waals surface area contributed by atoms with E-state index in [1.807, 2.05) is 6.92 Å². The number of likely N-dealkylation sites (N-methyl/N-ethyl adjacent to an activating group) is 1. The summed E-state index contributed by atoms with van der Waals surface area (Å²) in [6.45, 7) is 3.04. The largest absolute Gasteiger partial charge is 0.387 e. The Bertz CT molecular complexity index is 304. The van der Waals surface area contributed by atoms with E-state index in [9.17, 15) is 13.9 Å². The molecule has 0 spiro atoms. The van der Waals surface area contributed by atoms with Crippen LogP contribution in [0.15, 0.2) is 24.3 Å². The molecule has 1 aromatic rings. The molecule has 84 valence electrons. The highest BCUT2D eigenvalue weighted by atomic mass is 19.3. The lowest BCUT2D eigenvalue weighted by Crippen LogP contribution is -2.20. The molecule has 1 atom stereocenters. The summed E-state index contributed by atoms with van der Waals surface area (Å²) in [7, 11) is 0. The smallest absolute Gasteiger partial charge is 0.263 e. The monoisotopic (exact) mass is 215 g/mol. The number of aliphatic hydroxyl groups excluding tert-OH is 1. The first-order valence-electron chi connectivity index (χ1n) is 4.92. The fourth-order valence-electron chi connectivity index (χ4n) is 1.30. The summed E-state index contributed by atoms with van der Waals surface area (Å²) in [6.07, 6.45) is -3.22. The minimum atomic E-state index is -2.49. The van der Waals surface area contributed by atoms with Crippen molar-refractivity contribution in [1.29, 1.82) is 0 Å². The molecule has 2 N–H and O–H groups in total. The molecule has 0 saturated heterocycles. The van der Waals surface area contributed by atoms with Crippen LogP contribution in [0.2, 0.25) is 0 Å². The van der Waals surface area contributed by atoms with E-state index in [2.05, 4.69) is 5.32 Å². The summed E-state index contributed by atoms with van der Waals surface area (Å²) in [5.41, 5.74) is 0.469. The normalized spacial score (nSPS) is 13.1. The molecule has 0 amide bonds. The van der Waals surface area contributed by atoms with Crippen molar-refractivity contribution < 1.29 is 13.9 Å². The molecule has 4 heteroatoms. The van der Waals surface area contributed by atoms with Crippen molar-refractivity contribution in [2.24, 2.45) is 0 Å². The molecule has 1 unspecified atom stereocenters. The van der Waals surface area contributed by atoms with E-state index >= 15 is 0 Å². The Labute approximate surface area is 87.9 Å². The van der Waals surface area contributed by atoms with Gasteiger partial charge in [0.1, 0.15) is 0 Å². The zero-order chi connectivity index (χ0) is 11.3. The van der Waals surface area contributed by atoms with Crippen LogP contribution in [0.3, 0.4) is 0 Å². The van der Waals surface area contributed by atoms with Gasteiger partial charge in [0.05, 0.1) is 6.10 Å². The van der Waals surface area contributed by atoms with Gasteiger partial charge < -0.3 is 10.4 Å². The van der Waals surface area contributed by atoms with E-state index in [1.165, 1.54) is 18.2 Å². The Kier molecular flexibility index (Phi) is 4.65. The Morgan fingerprint density at radius 2 is 2.00 bits per heavy atom. The van der Waals surface area contributed by atoms with Gasteiger partial charge in [-0.3, -0.25) is 0 Å². The number of hydrogen-bond donors (Lipinski definition) is 2. The maximum Gasteiger partial charge on any atom is 0.263 e. The van der Waals surface area contributed by atoms with Gasteiger partial charge in [-0.1, -0.05) is 25.1 Å². The van der Waals surface area contributed by atoms with Crippen LogP contribution in [0.25, 0.3) is 0 Å². The third-order valence-corrected chi connectivity index (χ3v) is 2.14. The van der Waals surface area contributed by atoms with E-state index in [0.29, 0.717) is 12.1 Å². The molecule has 1 aromatic carbocycles. The van der Waals surface area contributed by atoms with E-state index in [0.717, 1.165) is 6.54 Å². The maximum atomic E-state index is 12.4. The number of aliphatic hydroxyl groups is 1. The molecule has 0 aromatic heterocycles. The zero-order valence-corrected chi connectivity index (χ0v) is 8.58. The molecular weight excluding hydrogens is 200 g/mol. The lowest BCUT2D eigenvalue weighted by Gasteiger charge is -2.12. The average molecular weight is 215 g/mol. The Balaban J connectivity index is 2.71. The quantitative estimate of drug-likeness (QED) is 0.789. The lowest BCUT2D eigenvalue weighted by molar-refractivity contribution is 0.149. The lowest BCUT2D eigenvalue weighted by atomic mass is 10.1. The van der Waals surface area contributed by atoms with Crippen LogP contribution >= 0.6 is 0 Å². The standard InChI is InChI=1S/C11H15F2NO/c1-2-14-7-10(15)8-4-3-5-9(6-8)11(12)13/h3-6,10-11,14-15H,2,7H2,1H3. The van der Waals surface area contributed by atoms with Crippen LogP contribution in [0.1, 0.15) is 30.6 Å². The fourth-order valence-corrected chi connectivity index (χ4v) is 1.30. The molecule has 0 aliphatic rings. The van der Waals surface area contributed by atoms with Crippen molar-refractivity contribution in [2.75, 3.05) is 13.1 Å². The first-order valence-corrected chi connectivity index (χ1v) is 4.92. The van der Waals surface area contributed by atoms with Gasteiger partial charge in [0.25, 0.3) is 6.43 Å². The SMILES string of the molecule is CCNCC(O)c1cccc(C(F)F)c1. The third kappa shape index (κ3) is 3.57. The van der Waals surface area contributed by atoms with Crippen molar-refractivity contribution in [3.05, 3.63) is 35.4 Å². The van der Waals surface area contributed by atoms with Gasteiger partial charge in [-0.25, -0.2) is 8.78 Å². The predicted molar refractivity (Wildman–Crippen MR) is 54.9 cm³/mol. The van der Waals surface area contributed by atoms with Crippen LogP contribution in [0.4, 0.5) is 8.78 Å². The molecule has 0 bridgehead atoms. The highest BCUT2D eigenvalue weighted by Gasteiger charge is 2.11. The maximum absolute atomic E-state index is 12.4. The summed E-state index contributed by atoms with van der Waals surface area (Å²) in [4.78, 5) is 0. The van der Waals surface area contributed by atoms with E-state index < -0.39 is 12.5 Å². The summed E-state index contributed by atoms with van der Waals surface area (Å²) < 4.78 is 24.7. The summed E-state index contributed by atoms with van der Waals surface area (Å²) in [5, 5.41) is 12.6. The van der Waals surface area contributed by atoms with Crippen LogP contribution in [0, 0.1) is 0 Å². The second-order valence-electron chi connectivity index (χ2n) is 3.29. The molecule has 0 saturated carbocycles. The van der Waals surface area contributed by atoms with Crippen LogP contribution < -0.4 is 5.32 Å². The molecule has 0 fully saturated rings. The average Bonchev–Trinajstić information content (AvgIpc) is 2.26. The molecule has 0 radical (unpaired) electrons. The number of rotatable bonds is 5. The molecular formula is C11H15F2NO. The second kappa shape index (κ2) is 5.78. The van der Waals surface area contributed by atoms with Gasteiger partial charge in [0.15, 0.2) is 0 Å². The molecule has 2 nitrogen and oxygen atoms in total. The van der Waals surface area contributed by atoms with Gasteiger partial charge in [-0.15, -0.1) is 0 Å². The van der Waals surface area contributed by atoms with Gasteiger partial charge in [-0.2, -0.15) is 0 Å². The van der Waals surface area contributed by atoms with Gasteiger partial charge in [-0.05, 0) is 18.2 Å². The Hall–Kier alpha value is -1.00. The van der Waals surface area contributed by atoms with Gasteiger partial charge >= 0.3 is 0 Å².